The van der Waals surface area contributed by atoms with E-state index in [0.29, 0.717) is 0 Å². The quantitative estimate of drug-likeness (QED) is 0.102. The van der Waals surface area contributed by atoms with Gasteiger partial charge in [-0.1, -0.05) is 0 Å². The van der Waals surface area contributed by atoms with E-state index in [4.69, 9.17) is 37.6 Å². The number of phenols is 2. The van der Waals surface area contributed by atoms with Gasteiger partial charge in [0.05, 0.1) is 26.9 Å². The lowest BCUT2D eigenvalue weighted by Crippen LogP contribution is -2.64. The van der Waals surface area contributed by atoms with E-state index in [0.717, 1.165) is 18.2 Å². The number of ether oxygens (including phenoxy) is 7. The van der Waals surface area contributed by atoms with E-state index in [9.17, 15) is 61.0 Å². The van der Waals surface area contributed by atoms with Crippen molar-refractivity contribution in [2.24, 2.45) is 0 Å². The van der Waals surface area contributed by atoms with Crippen molar-refractivity contribution in [3.8, 4) is 40.1 Å². The Kier molecular flexibility index (Phi) is 11.1. The number of benzene rings is 2. The van der Waals surface area contributed by atoms with Crippen LogP contribution in [0.1, 0.15) is 0 Å². The lowest BCUT2D eigenvalue weighted by atomic mass is 9.98. The number of aromatic hydroxyl groups is 3. The maximum absolute atomic E-state index is 12.9. The number of hydrogen-bond acceptors (Lipinski definition) is 20. The minimum absolute atomic E-state index is 0.0170. The molecule has 4 heterocycles. The minimum atomic E-state index is -1.95. The second kappa shape index (κ2) is 15.2. The van der Waals surface area contributed by atoms with Crippen LogP contribution in [-0.4, -0.2) is 163 Å². The standard InChI is InChI=1S/C32H38O20/c1-45-11-5-13(35)19-17(6-11)48-27(22(40)21(19)39)10-2-3-12(34)16(4-10)49-32-25(43)23(41)29(18(7-33)50-32)52-31-26(44)28(15(37)9-47-31)51-30-24(42)20(38)14(36)8-46-30/h2-6,14-15,18,20,23-26,28-38,40-44H,7-9H2,1H3/t14-,15+,18-,20+,23-,24-,25-,26-,28+,29+,30+,31+,32-/m1/s1. The van der Waals surface area contributed by atoms with Gasteiger partial charge in [0.15, 0.2) is 29.8 Å². The van der Waals surface area contributed by atoms with Crippen LogP contribution in [0, 0.1) is 0 Å². The van der Waals surface area contributed by atoms with Crippen LogP contribution in [0.4, 0.5) is 0 Å². The first-order chi connectivity index (χ1) is 24.7. The summed E-state index contributed by atoms with van der Waals surface area (Å²) in [4.78, 5) is 12.9. The van der Waals surface area contributed by atoms with Crippen molar-refractivity contribution in [3.63, 3.8) is 0 Å². The Morgan fingerprint density at radius 1 is 0.750 bits per heavy atom. The molecule has 3 aliphatic heterocycles. The third-order valence-electron chi connectivity index (χ3n) is 8.91. The Labute approximate surface area is 292 Å². The number of aliphatic hydroxyl groups excluding tert-OH is 8. The monoisotopic (exact) mass is 742 g/mol. The van der Waals surface area contributed by atoms with Crippen LogP contribution in [0.2, 0.25) is 0 Å². The summed E-state index contributed by atoms with van der Waals surface area (Å²) in [6, 6.07) is 5.94. The summed E-state index contributed by atoms with van der Waals surface area (Å²) >= 11 is 0. The van der Waals surface area contributed by atoms with Gasteiger partial charge >= 0.3 is 0 Å². The average molecular weight is 743 g/mol. The van der Waals surface area contributed by atoms with E-state index < -0.39 is 134 Å². The molecule has 3 aromatic rings. The molecule has 3 saturated heterocycles. The van der Waals surface area contributed by atoms with Gasteiger partial charge in [-0.05, 0) is 18.2 Å². The number of rotatable bonds is 9. The molecule has 3 aliphatic rings. The van der Waals surface area contributed by atoms with E-state index >= 15 is 0 Å². The summed E-state index contributed by atoms with van der Waals surface area (Å²) in [5, 5.41) is 115. The number of aliphatic hydroxyl groups is 8. The van der Waals surface area contributed by atoms with Gasteiger partial charge in [0.25, 0.3) is 0 Å². The number of phenolic OH excluding ortho intramolecular Hbond substituents is 2. The van der Waals surface area contributed by atoms with Crippen molar-refractivity contribution in [1.82, 2.24) is 0 Å². The largest absolute Gasteiger partial charge is 0.507 e. The molecule has 0 bridgehead atoms. The molecule has 11 N–H and O–H groups in total. The molecule has 3 fully saturated rings. The highest BCUT2D eigenvalue weighted by molar-refractivity contribution is 5.88. The fraction of sp³-hybridized carbons (Fsp3) is 0.531. The Bertz CT molecular complexity index is 1780. The highest BCUT2D eigenvalue weighted by Crippen LogP contribution is 2.40. The van der Waals surface area contributed by atoms with Gasteiger partial charge < -0.3 is 93.7 Å². The topological polar surface area (TPSA) is 317 Å². The third kappa shape index (κ3) is 7.09. The maximum Gasteiger partial charge on any atom is 0.238 e. The molecule has 20 heteroatoms. The van der Waals surface area contributed by atoms with Crippen LogP contribution >= 0.6 is 0 Å². The Hall–Kier alpha value is -3.87. The fourth-order valence-electron chi connectivity index (χ4n) is 6.04. The Morgan fingerprint density at radius 2 is 1.40 bits per heavy atom. The summed E-state index contributed by atoms with van der Waals surface area (Å²) < 4.78 is 43.8. The van der Waals surface area contributed by atoms with Gasteiger partial charge in [0.2, 0.25) is 17.5 Å². The van der Waals surface area contributed by atoms with Crippen LogP contribution in [0.3, 0.4) is 0 Å². The number of hydrogen-bond donors (Lipinski definition) is 11. The van der Waals surface area contributed by atoms with Crippen LogP contribution < -0.4 is 14.9 Å². The molecular formula is C32H38O20. The van der Waals surface area contributed by atoms with Crippen LogP contribution in [0.5, 0.6) is 28.7 Å². The second-order valence-corrected chi connectivity index (χ2v) is 12.3. The van der Waals surface area contributed by atoms with Crippen LogP contribution in [0.15, 0.2) is 39.5 Å². The lowest BCUT2D eigenvalue weighted by Gasteiger charge is -2.46. The van der Waals surface area contributed by atoms with Crippen molar-refractivity contribution in [1.29, 1.82) is 0 Å². The molecular weight excluding hydrogens is 704 g/mol. The maximum atomic E-state index is 12.9. The van der Waals surface area contributed by atoms with E-state index in [2.05, 4.69) is 0 Å². The first-order valence-corrected chi connectivity index (χ1v) is 15.9. The van der Waals surface area contributed by atoms with Gasteiger partial charge in [-0.25, -0.2) is 0 Å². The summed E-state index contributed by atoms with van der Waals surface area (Å²) in [5.74, 6) is -2.56. The normalized spacial score (nSPS) is 35.4. The molecule has 20 nitrogen and oxygen atoms in total. The lowest BCUT2D eigenvalue weighted by molar-refractivity contribution is -0.359. The number of methoxy groups -OCH3 is 1. The van der Waals surface area contributed by atoms with Crippen molar-refractivity contribution in [2.75, 3.05) is 26.9 Å². The highest BCUT2D eigenvalue weighted by atomic mass is 16.7. The van der Waals surface area contributed by atoms with Gasteiger partial charge in [0, 0.05) is 17.7 Å². The molecule has 52 heavy (non-hydrogen) atoms. The zero-order valence-electron chi connectivity index (χ0n) is 27.1. The van der Waals surface area contributed by atoms with Crippen molar-refractivity contribution in [2.45, 2.75) is 79.9 Å². The van der Waals surface area contributed by atoms with Gasteiger partial charge in [-0.3, -0.25) is 4.79 Å². The summed E-state index contributed by atoms with van der Waals surface area (Å²) in [6.45, 7) is -1.77. The molecule has 6 rings (SSSR count). The SMILES string of the molecule is COc1cc(O)c2c(=O)c(O)c(-c3ccc(O)c(O[C@@H]4O[C@H](CO)[C@H](O[C@@H]5OC[C@H](O)[C@H](O[C@@H]6OC[C@@H](O)[C@H](O)[C@H]6O)[C@H]5O)[C@H](O)[C@H]4O)c3)oc2c1. The molecule has 286 valence electrons. The molecule has 0 spiro atoms. The van der Waals surface area contributed by atoms with Crippen molar-refractivity contribution < 1.29 is 93.7 Å². The second-order valence-electron chi connectivity index (χ2n) is 12.3. The van der Waals surface area contributed by atoms with Gasteiger partial charge in [-0.2, -0.15) is 0 Å². The van der Waals surface area contributed by atoms with E-state index in [1.165, 1.54) is 19.2 Å². The summed E-state index contributed by atoms with van der Waals surface area (Å²) in [6.07, 6.45) is -21.7. The number of fused-ring (bicyclic) bond motifs is 1. The third-order valence-corrected chi connectivity index (χ3v) is 8.91. The summed E-state index contributed by atoms with van der Waals surface area (Å²) in [5.41, 5.74) is -1.14. The van der Waals surface area contributed by atoms with Crippen LogP contribution in [-0.2, 0) is 23.7 Å². The zero-order valence-corrected chi connectivity index (χ0v) is 27.1. The average Bonchev–Trinajstić information content (AvgIpc) is 3.12. The molecule has 0 unspecified atom stereocenters. The minimum Gasteiger partial charge on any atom is -0.507 e. The molecule has 1 aromatic heterocycles. The highest BCUT2D eigenvalue weighted by Gasteiger charge is 2.51. The Morgan fingerprint density at radius 3 is 2.10 bits per heavy atom. The smallest absolute Gasteiger partial charge is 0.238 e. The van der Waals surface area contributed by atoms with Gasteiger partial charge in [-0.15, -0.1) is 0 Å². The van der Waals surface area contributed by atoms with E-state index in [1.54, 1.807) is 0 Å². The van der Waals surface area contributed by atoms with Crippen molar-refractivity contribution in [3.05, 3.63) is 40.6 Å². The predicted molar refractivity (Wildman–Crippen MR) is 167 cm³/mol. The van der Waals surface area contributed by atoms with Crippen LogP contribution in [0.25, 0.3) is 22.3 Å². The van der Waals surface area contributed by atoms with Crippen molar-refractivity contribution >= 4 is 11.0 Å². The first kappa shape index (κ1) is 37.9. The Balaban J connectivity index is 1.18. The molecule has 0 saturated carbocycles. The molecule has 0 aliphatic carbocycles. The fourth-order valence-corrected chi connectivity index (χ4v) is 6.04. The zero-order chi connectivity index (χ0) is 37.6. The molecule has 13 atom stereocenters. The van der Waals surface area contributed by atoms with E-state index in [-0.39, 0.29) is 22.3 Å². The van der Waals surface area contributed by atoms with E-state index in [1.807, 2.05) is 0 Å². The summed E-state index contributed by atoms with van der Waals surface area (Å²) in [7, 11) is 1.32. The molecule has 0 amide bonds. The van der Waals surface area contributed by atoms with Gasteiger partial charge in [0.1, 0.15) is 83.5 Å². The first-order valence-electron chi connectivity index (χ1n) is 15.9. The molecule has 2 aromatic carbocycles. The predicted octanol–water partition coefficient (Wildman–Crippen LogP) is -3.31. The molecule has 0 radical (unpaired) electrons.